The van der Waals surface area contributed by atoms with E-state index >= 15 is 0 Å². The molecule has 0 radical (unpaired) electrons. The summed E-state index contributed by atoms with van der Waals surface area (Å²) in [5.41, 5.74) is 2.00. The zero-order valence-corrected chi connectivity index (χ0v) is 8.10. The fraction of sp³-hybridized carbons (Fsp3) is 0.364. The molecule has 1 heterocycles. The molecule has 1 aromatic carbocycles. The van der Waals surface area contributed by atoms with Crippen LogP contribution in [0.3, 0.4) is 0 Å². The van der Waals surface area contributed by atoms with Gasteiger partial charge in [0.2, 0.25) is 6.08 Å². The molecule has 14 heavy (non-hydrogen) atoms. The molecule has 1 aromatic rings. The van der Waals surface area contributed by atoms with E-state index in [2.05, 4.69) is 16.9 Å². The second kappa shape index (κ2) is 3.74. The summed E-state index contributed by atoms with van der Waals surface area (Å²) in [7, 11) is 2.11. The minimum atomic E-state index is 0.647. The van der Waals surface area contributed by atoms with Crippen LogP contribution in [0.1, 0.15) is 11.5 Å². The quantitative estimate of drug-likeness (QED) is 0.522. The Labute approximate surface area is 83.1 Å². The number of likely N-dealkylation sites (tertiary alicyclic amines) is 1. The molecule has 3 nitrogen and oxygen atoms in total. The molecule has 0 bridgehead atoms. The maximum atomic E-state index is 10.0. The van der Waals surface area contributed by atoms with E-state index in [4.69, 9.17) is 0 Å². The van der Waals surface area contributed by atoms with Gasteiger partial charge in [0.15, 0.2) is 0 Å². The van der Waals surface area contributed by atoms with Crippen molar-refractivity contribution in [1.29, 1.82) is 0 Å². The number of rotatable bonds is 2. The van der Waals surface area contributed by atoms with Crippen molar-refractivity contribution >= 4 is 11.8 Å². The third-order valence-electron chi connectivity index (χ3n) is 2.60. The Morgan fingerprint density at radius 3 is 2.50 bits per heavy atom. The predicted octanol–water partition coefficient (Wildman–Crippen LogP) is 1.68. The van der Waals surface area contributed by atoms with Crippen LogP contribution >= 0.6 is 0 Å². The SMILES string of the molecule is CN1CC(c2ccc(N=C=O)cc2)C1. The van der Waals surface area contributed by atoms with E-state index in [1.54, 1.807) is 0 Å². The lowest BCUT2D eigenvalue weighted by Gasteiger charge is -2.36. The van der Waals surface area contributed by atoms with E-state index < -0.39 is 0 Å². The van der Waals surface area contributed by atoms with Gasteiger partial charge in [-0.2, -0.15) is 4.99 Å². The lowest BCUT2D eigenvalue weighted by molar-refractivity contribution is 0.190. The molecule has 0 atom stereocenters. The minimum absolute atomic E-state index is 0.647. The fourth-order valence-corrected chi connectivity index (χ4v) is 1.78. The first-order valence-electron chi connectivity index (χ1n) is 4.66. The minimum Gasteiger partial charge on any atom is -0.305 e. The number of nitrogens with zero attached hydrogens (tertiary/aromatic N) is 2. The molecule has 0 spiro atoms. The van der Waals surface area contributed by atoms with Crippen molar-refractivity contribution in [3.8, 4) is 0 Å². The first-order valence-corrected chi connectivity index (χ1v) is 4.66. The van der Waals surface area contributed by atoms with Crippen LogP contribution in [-0.2, 0) is 4.79 Å². The number of aliphatic imine (C=N–C) groups is 1. The second-order valence-corrected chi connectivity index (χ2v) is 3.71. The van der Waals surface area contributed by atoms with Crippen molar-refractivity contribution in [2.75, 3.05) is 20.1 Å². The standard InChI is InChI=1S/C11H12N2O/c1-13-6-10(7-13)9-2-4-11(5-3-9)12-8-14/h2-5,10H,6-7H2,1H3. The van der Waals surface area contributed by atoms with Crippen molar-refractivity contribution < 1.29 is 4.79 Å². The molecule has 1 fully saturated rings. The highest BCUT2D eigenvalue weighted by molar-refractivity contribution is 5.49. The van der Waals surface area contributed by atoms with Gasteiger partial charge in [0.25, 0.3) is 0 Å². The van der Waals surface area contributed by atoms with Gasteiger partial charge in [0.05, 0.1) is 5.69 Å². The summed E-state index contributed by atoms with van der Waals surface area (Å²) in [6, 6.07) is 7.79. The smallest absolute Gasteiger partial charge is 0.240 e. The van der Waals surface area contributed by atoms with Crippen LogP contribution in [0.4, 0.5) is 5.69 Å². The first kappa shape index (κ1) is 9.13. The van der Waals surface area contributed by atoms with Gasteiger partial charge in [-0.25, -0.2) is 4.79 Å². The van der Waals surface area contributed by atoms with E-state index in [-0.39, 0.29) is 0 Å². The van der Waals surface area contributed by atoms with E-state index in [9.17, 15) is 4.79 Å². The Morgan fingerprint density at radius 1 is 1.36 bits per heavy atom. The summed E-state index contributed by atoms with van der Waals surface area (Å²) < 4.78 is 0. The van der Waals surface area contributed by atoms with Gasteiger partial charge in [-0.15, -0.1) is 0 Å². The lowest BCUT2D eigenvalue weighted by Crippen LogP contribution is -2.41. The maximum Gasteiger partial charge on any atom is 0.240 e. The fourth-order valence-electron chi connectivity index (χ4n) is 1.78. The molecule has 0 N–H and O–H groups in total. The molecule has 1 aliphatic heterocycles. The summed E-state index contributed by atoms with van der Waals surface area (Å²) >= 11 is 0. The summed E-state index contributed by atoms with van der Waals surface area (Å²) in [6.07, 6.45) is 1.53. The highest BCUT2D eigenvalue weighted by atomic mass is 16.1. The molecule has 2 rings (SSSR count). The van der Waals surface area contributed by atoms with Crippen molar-refractivity contribution in [1.82, 2.24) is 4.90 Å². The number of hydrogen-bond donors (Lipinski definition) is 0. The third kappa shape index (κ3) is 1.74. The largest absolute Gasteiger partial charge is 0.305 e. The van der Waals surface area contributed by atoms with Gasteiger partial charge in [-0.05, 0) is 24.7 Å². The molecule has 1 saturated heterocycles. The molecule has 0 amide bonds. The molecule has 0 aromatic heterocycles. The Balaban J connectivity index is 2.10. The Hall–Kier alpha value is -1.44. The zero-order chi connectivity index (χ0) is 9.97. The van der Waals surface area contributed by atoms with E-state index in [1.807, 2.05) is 24.3 Å². The molecule has 72 valence electrons. The highest BCUT2D eigenvalue weighted by Gasteiger charge is 2.24. The molecule has 3 heteroatoms. The molecule has 0 unspecified atom stereocenters. The van der Waals surface area contributed by atoms with Crippen LogP contribution in [-0.4, -0.2) is 31.1 Å². The van der Waals surface area contributed by atoms with Crippen LogP contribution in [0.25, 0.3) is 0 Å². The van der Waals surface area contributed by atoms with E-state index in [0.29, 0.717) is 11.6 Å². The highest BCUT2D eigenvalue weighted by Crippen LogP contribution is 2.26. The Morgan fingerprint density at radius 2 is 2.00 bits per heavy atom. The summed E-state index contributed by atoms with van der Waals surface area (Å²) in [4.78, 5) is 15.8. The summed E-state index contributed by atoms with van der Waals surface area (Å²) in [6.45, 7) is 2.24. The molecule has 1 aliphatic rings. The van der Waals surface area contributed by atoms with Crippen molar-refractivity contribution in [2.45, 2.75) is 5.92 Å². The Bertz CT molecular complexity index is 359. The van der Waals surface area contributed by atoms with Crippen LogP contribution in [0.5, 0.6) is 0 Å². The second-order valence-electron chi connectivity index (χ2n) is 3.71. The van der Waals surface area contributed by atoms with Crippen molar-refractivity contribution in [2.24, 2.45) is 4.99 Å². The van der Waals surface area contributed by atoms with E-state index in [1.165, 1.54) is 11.6 Å². The monoisotopic (exact) mass is 188 g/mol. The van der Waals surface area contributed by atoms with Crippen molar-refractivity contribution in [3.63, 3.8) is 0 Å². The number of benzene rings is 1. The van der Waals surface area contributed by atoms with Crippen LogP contribution in [0.15, 0.2) is 29.3 Å². The van der Waals surface area contributed by atoms with Crippen molar-refractivity contribution in [3.05, 3.63) is 29.8 Å². The molecule has 0 aliphatic carbocycles. The molecule has 0 saturated carbocycles. The average molecular weight is 188 g/mol. The first-order chi connectivity index (χ1) is 6.79. The predicted molar refractivity (Wildman–Crippen MR) is 54.5 cm³/mol. The summed E-state index contributed by atoms with van der Waals surface area (Å²) in [5.74, 6) is 0.647. The van der Waals surface area contributed by atoms with Gasteiger partial charge in [0, 0.05) is 19.0 Å². The lowest BCUT2D eigenvalue weighted by atomic mass is 9.92. The molecular weight excluding hydrogens is 176 g/mol. The third-order valence-corrected chi connectivity index (χ3v) is 2.60. The van der Waals surface area contributed by atoms with Gasteiger partial charge >= 0.3 is 0 Å². The topological polar surface area (TPSA) is 32.7 Å². The van der Waals surface area contributed by atoms with Gasteiger partial charge in [-0.1, -0.05) is 12.1 Å². The number of hydrogen-bond acceptors (Lipinski definition) is 3. The van der Waals surface area contributed by atoms with Gasteiger partial charge < -0.3 is 4.90 Å². The average Bonchev–Trinajstić information content (AvgIpc) is 2.15. The van der Waals surface area contributed by atoms with E-state index in [0.717, 1.165) is 13.1 Å². The van der Waals surface area contributed by atoms with Gasteiger partial charge in [-0.3, -0.25) is 0 Å². The maximum absolute atomic E-state index is 10.0. The number of likely N-dealkylation sites (N-methyl/N-ethyl adjacent to an activating group) is 1. The Kier molecular flexibility index (Phi) is 2.44. The number of isocyanates is 1. The number of carbonyl (C=O) groups excluding carboxylic acids is 1. The van der Waals surface area contributed by atoms with Crippen LogP contribution < -0.4 is 0 Å². The zero-order valence-electron chi connectivity index (χ0n) is 8.10. The normalized spacial score (nSPS) is 17.2. The summed E-state index contributed by atoms with van der Waals surface area (Å²) in [5, 5.41) is 0. The van der Waals surface area contributed by atoms with Crippen LogP contribution in [0.2, 0.25) is 0 Å². The molecular formula is C11H12N2O. The van der Waals surface area contributed by atoms with Crippen LogP contribution in [0, 0.1) is 0 Å². The van der Waals surface area contributed by atoms with Gasteiger partial charge in [0.1, 0.15) is 0 Å².